The van der Waals surface area contributed by atoms with E-state index in [1.165, 1.54) is 0 Å². The van der Waals surface area contributed by atoms with Crippen LogP contribution in [-0.2, 0) is 24.8 Å². The molecule has 6 rings (SSSR count). The van der Waals surface area contributed by atoms with Crippen molar-refractivity contribution < 1.29 is 28.5 Å². The lowest BCUT2D eigenvalue weighted by molar-refractivity contribution is -0.661. The summed E-state index contributed by atoms with van der Waals surface area (Å²) in [6.07, 6.45) is 4.07. The number of aryl methyl sites for hydroxylation is 2. The Kier molecular flexibility index (Phi) is 11.0. The summed E-state index contributed by atoms with van der Waals surface area (Å²) in [5.74, 6) is 1.46. The van der Waals surface area contributed by atoms with Gasteiger partial charge in [-0.2, -0.15) is 0 Å². The van der Waals surface area contributed by atoms with Crippen LogP contribution in [0.15, 0.2) is 84.4 Å². The molecule has 13 heteroatoms. The summed E-state index contributed by atoms with van der Waals surface area (Å²) < 4.78 is 20.6. The van der Waals surface area contributed by atoms with Crippen molar-refractivity contribution in [2.24, 2.45) is 7.05 Å². The molecule has 3 amide bonds. The molecule has 5 aromatic rings. The molecular formula is C36H40N7O5S+. The lowest BCUT2D eigenvalue weighted by atomic mass is 10.1. The number of benzene rings is 3. The number of thiazole rings is 1. The lowest BCUT2D eigenvalue weighted by Gasteiger charge is -2.16. The van der Waals surface area contributed by atoms with Crippen LogP contribution in [0.5, 0.6) is 11.5 Å². The fourth-order valence-corrected chi connectivity index (χ4v) is 6.29. The van der Waals surface area contributed by atoms with E-state index in [4.69, 9.17) is 24.4 Å². The number of methoxy groups -OCH3 is 1. The smallest absolute Gasteiger partial charge is 0.407 e. The predicted octanol–water partition coefficient (Wildman–Crippen LogP) is 5.15. The Morgan fingerprint density at radius 1 is 1.08 bits per heavy atom. The normalized spacial score (nSPS) is 12.5. The highest BCUT2D eigenvalue weighted by atomic mass is 32.1. The van der Waals surface area contributed by atoms with Crippen LogP contribution < -0.4 is 24.8 Å². The maximum Gasteiger partial charge on any atom is 0.407 e. The zero-order valence-corrected chi connectivity index (χ0v) is 28.4. The average Bonchev–Trinajstić information content (AvgIpc) is 3.88. The second-order valence-corrected chi connectivity index (χ2v) is 12.4. The number of carbonyl (C=O) groups excluding carboxylic acids is 2. The van der Waals surface area contributed by atoms with E-state index in [9.17, 15) is 9.59 Å². The molecule has 0 atom stereocenters. The monoisotopic (exact) mass is 682 g/mol. The molecule has 3 heterocycles. The molecule has 0 bridgehead atoms. The molecule has 0 spiro atoms. The largest absolute Gasteiger partial charge is 0.497 e. The molecule has 1 fully saturated rings. The van der Waals surface area contributed by atoms with Crippen molar-refractivity contribution in [2.45, 2.75) is 25.9 Å². The van der Waals surface area contributed by atoms with Gasteiger partial charge in [-0.1, -0.05) is 30.3 Å². The maximum atomic E-state index is 12.1. The summed E-state index contributed by atoms with van der Waals surface area (Å²) >= 11 is 1.55. The number of hydrogen-bond donors (Lipinski definition) is 2. The summed E-state index contributed by atoms with van der Waals surface area (Å²) in [5.41, 5.74) is 5.59. The first-order chi connectivity index (χ1) is 24.0. The van der Waals surface area contributed by atoms with Crippen LogP contribution in [0.25, 0.3) is 27.5 Å². The van der Waals surface area contributed by atoms with Gasteiger partial charge in [0.1, 0.15) is 36.8 Å². The Hall–Kier alpha value is -5.43. The lowest BCUT2D eigenvalue weighted by Crippen LogP contribution is -2.33. The summed E-state index contributed by atoms with van der Waals surface area (Å²) in [6, 6.07) is 23.4. The van der Waals surface area contributed by atoms with Crippen molar-refractivity contribution in [2.75, 3.05) is 39.9 Å². The SMILES string of the molecule is COc1ccc(-c2csc(-c3ccc(-[n+]4cc(CCCCNC(=O)OCc5ccccc5)n(C)n4)cc3OCCN3CCNC3=O)n2)cc1. The van der Waals surface area contributed by atoms with Crippen molar-refractivity contribution in [1.29, 1.82) is 0 Å². The van der Waals surface area contributed by atoms with E-state index in [1.54, 1.807) is 23.3 Å². The van der Waals surface area contributed by atoms with E-state index in [0.29, 0.717) is 38.5 Å². The summed E-state index contributed by atoms with van der Waals surface area (Å²) in [7, 11) is 3.57. The first-order valence-corrected chi connectivity index (χ1v) is 17.1. The Bertz CT molecular complexity index is 1860. The van der Waals surface area contributed by atoms with Crippen LogP contribution in [0.2, 0.25) is 0 Å². The maximum absolute atomic E-state index is 12.1. The number of amides is 3. The van der Waals surface area contributed by atoms with Gasteiger partial charge >= 0.3 is 12.1 Å². The van der Waals surface area contributed by atoms with Crippen LogP contribution >= 0.6 is 11.3 Å². The highest BCUT2D eigenvalue weighted by Crippen LogP contribution is 2.36. The van der Waals surface area contributed by atoms with E-state index in [-0.39, 0.29) is 12.6 Å². The highest BCUT2D eigenvalue weighted by molar-refractivity contribution is 7.13. The van der Waals surface area contributed by atoms with Crippen molar-refractivity contribution >= 4 is 23.5 Å². The molecule has 3 aromatic carbocycles. The number of alkyl carbamates (subject to hydrolysis) is 1. The average molecular weight is 683 g/mol. The molecular weight excluding hydrogens is 643 g/mol. The second kappa shape index (κ2) is 16.1. The number of ether oxygens (including phenoxy) is 3. The summed E-state index contributed by atoms with van der Waals surface area (Å²) in [6.45, 7) is 2.90. The molecule has 1 aliphatic rings. The quantitative estimate of drug-likeness (QED) is 0.116. The molecule has 2 N–H and O–H groups in total. The van der Waals surface area contributed by atoms with Crippen LogP contribution in [0.1, 0.15) is 24.1 Å². The molecule has 254 valence electrons. The van der Waals surface area contributed by atoms with Gasteiger partial charge in [0.05, 0.1) is 30.1 Å². The van der Waals surface area contributed by atoms with Crippen LogP contribution in [-0.4, -0.2) is 71.8 Å². The highest BCUT2D eigenvalue weighted by Gasteiger charge is 2.21. The molecule has 0 radical (unpaired) electrons. The van der Waals surface area contributed by atoms with E-state index < -0.39 is 6.09 Å². The molecule has 2 aromatic heterocycles. The number of rotatable bonds is 15. The molecule has 1 saturated heterocycles. The Labute approximate surface area is 289 Å². The summed E-state index contributed by atoms with van der Waals surface area (Å²) in [4.78, 5) is 30.8. The molecule has 12 nitrogen and oxygen atoms in total. The van der Waals surface area contributed by atoms with Gasteiger partial charge in [0.2, 0.25) is 0 Å². The van der Waals surface area contributed by atoms with Gasteiger partial charge in [0.25, 0.3) is 0 Å². The van der Waals surface area contributed by atoms with Crippen LogP contribution in [0.3, 0.4) is 0 Å². The Morgan fingerprint density at radius 3 is 2.69 bits per heavy atom. The third kappa shape index (κ3) is 8.73. The number of hydrogen-bond acceptors (Lipinski definition) is 8. The molecule has 49 heavy (non-hydrogen) atoms. The minimum atomic E-state index is -0.415. The third-order valence-electron chi connectivity index (χ3n) is 8.17. The topological polar surface area (TPSA) is 124 Å². The van der Waals surface area contributed by atoms with Crippen molar-refractivity contribution in [3.05, 3.63) is 95.6 Å². The number of urea groups is 1. The fraction of sp³-hybridized carbons (Fsp3) is 0.306. The van der Waals surface area contributed by atoms with Crippen molar-refractivity contribution in [3.8, 4) is 39.0 Å². The molecule has 0 unspecified atom stereocenters. The first kappa shape index (κ1) is 33.5. The Balaban J connectivity index is 1.10. The fourth-order valence-electron chi connectivity index (χ4n) is 5.43. The second-order valence-electron chi connectivity index (χ2n) is 11.5. The van der Waals surface area contributed by atoms with Gasteiger partial charge in [0.15, 0.2) is 17.6 Å². The van der Waals surface area contributed by atoms with Crippen LogP contribution in [0.4, 0.5) is 9.59 Å². The van der Waals surface area contributed by atoms with Crippen molar-refractivity contribution in [3.63, 3.8) is 0 Å². The van der Waals surface area contributed by atoms with E-state index >= 15 is 0 Å². The first-order valence-electron chi connectivity index (χ1n) is 16.3. The van der Waals surface area contributed by atoms with Gasteiger partial charge in [-0.05, 0) is 54.8 Å². The van der Waals surface area contributed by atoms with Crippen molar-refractivity contribution in [1.82, 2.24) is 30.4 Å². The predicted molar refractivity (Wildman–Crippen MR) is 186 cm³/mol. The van der Waals surface area contributed by atoms with Gasteiger partial charge in [0, 0.05) is 43.1 Å². The third-order valence-corrected chi connectivity index (χ3v) is 9.05. The van der Waals surface area contributed by atoms with E-state index in [0.717, 1.165) is 63.8 Å². The Morgan fingerprint density at radius 2 is 1.92 bits per heavy atom. The van der Waals surface area contributed by atoms with Gasteiger partial charge in [-0.3, -0.25) is 0 Å². The number of nitrogens with one attached hydrogen (secondary N) is 2. The summed E-state index contributed by atoms with van der Waals surface area (Å²) in [5, 5.41) is 13.2. The standard InChI is InChI=1S/C36H39N7O5S/c1-41-29(10-6-7-17-38-36(45)48-24-26-8-4-3-5-9-26)23-43(40-41)28-13-16-31(33(22-28)47-21-20-42-19-18-37-35(42)44)34-39-32(25-49-34)27-11-14-30(46-2)15-12-27/h3-5,8-9,11-16,22-23,25H,6-7,10,17-21,24H2,1-2H3,(H-,37,38,44,45)/p+1. The zero-order valence-electron chi connectivity index (χ0n) is 27.6. The minimum absolute atomic E-state index is 0.0722. The van der Waals surface area contributed by atoms with Gasteiger partial charge in [-0.15, -0.1) is 20.7 Å². The minimum Gasteiger partial charge on any atom is -0.497 e. The van der Waals surface area contributed by atoms with E-state index in [1.807, 2.05) is 101 Å². The molecule has 0 saturated carbocycles. The number of nitrogens with zero attached hydrogens (tertiary/aromatic N) is 5. The molecule has 0 aliphatic carbocycles. The van der Waals surface area contributed by atoms with Crippen LogP contribution in [0, 0.1) is 0 Å². The van der Waals surface area contributed by atoms with Gasteiger partial charge < -0.3 is 29.7 Å². The van der Waals surface area contributed by atoms with E-state index in [2.05, 4.69) is 10.6 Å². The zero-order chi connectivity index (χ0) is 34.0. The molecule has 1 aliphatic heterocycles. The van der Waals surface area contributed by atoms with Gasteiger partial charge in [-0.25, -0.2) is 14.6 Å². The number of aromatic nitrogens is 4. The number of unbranched alkanes of at least 4 members (excludes halogenated alkanes) is 1. The number of carbonyl (C=O) groups is 2.